The molecule has 0 spiro atoms. The highest BCUT2D eigenvalue weighted by atomic mass is 17.2. The largest absolute Gasteiger partial charge is 0.507 e. The minimum Gasteiger partial charge on any atom is -0.507 e. The Labute approximate surface area is 397 Å². The van der Waals surface area contributed by atoms with Crippen LogP contribution in [0, 0.1) is 0 Å². The fraction of sp³-hybridized carbons (Fsp3) is 0.455. The first kappa shape index (κ1) is 52.9. The molecule has 67 heavy (non-hydrogen) atoms. The minimum absolute atomic E-state index is 0.124. The van der Waals surface area contributed by atoms with E-state index >= 15 is 0 Å². The van der Waals surface area contributed by atoms with E-state index in [4.69, 9.17) is 47.7 Å². The van der Waals surface area contributed by atoms with E-state index < -0.39 is 10.8 Å². The number of phenols is 2. The fourth-order valence-electron chi connectivity index (χ4n) is 8.70. The van der Waals surface area contributed by atoms with E-state index in [-0.39, 0.29) is 56.6 Å². The Balaban J connectivity index is 1.74. The van der Waals surface area contributed by atoms with E-state index in [1.165, 1.54) is 0 Å². The lowest BCUT2D eigenvalue weighted by atomic mass is 9.68. The number of benzene rings is 5. The van der Waals surface area contributed by atoms with Crippen LogP contribution in [0.3, 0.4) is 0 Å². The van der Waals surface area contributed by atoms with Gasteiger partial charge in [0.1, 0.15) is 11.5 Å². The molecule has 0 heterocycles. The number of aromatic hydroxyl groups is 2. The van der Waals surface area contributed by atoms with Crippen molar-refractivity contribution in [3.8, 4) is 23.0 Å². The van der Waals surface area contributed by atoms with Gasteiger partial charge in [0.2, 0.25) is 0 Å². The first-order valence-electron chi connectivity index (χ1n) is 22.4. The van der Waals surface area contributed by atoms with E-state index in [1.54, 1.807) is 56.9 Å². The second kappa shape index (κ2) is 23.3. The van der Waals surface area contributed by atoms with Crippen LogP contribution >= 0.6 is 0 Å². The third-order valence-electron chi connectivity index (χ3n) is 12.6. The Hall–Kier alpha value is -5.02. The summed E-state index contributed by atoms with van der Waals surface area (Å²) < 4.78 is 45.2. The molecule has 0 aliphatic rings. The van der Waals surface area contributed by atoms with Gasteiger partial charge >= 0.3 is 0 Å². The van der Waals surface area contributed by atoms with Crippen molar-refractivity contribution in [3.05, 3.63) is 151 Å². The summed E-state index contributed by atoms with van der Waals surface area (Å²) in [5.41, 5.74) is 10.2. The smallest absolute Gasteiger partial charge is 0.189 e. The summed E-state index contributed by atoms with van der Waals surface area (Å²) in [6, 6.07) is 24.9. The number of rotatable bonds is 24. The molecule has 2 N–H and O–H groups in total. The van der Waals surface area contributed by atoms with Gasteiger partial charge in [-0.2, -0.15) is 0 Å². The van der Waals surface area contributed by atoms with Crippen LogP contribution < -0.4 is 9.78 Å². The van der Waals surface area contributed by atoms with Crippen molar-refractivity contribution in [3.63, 3.8) is 0 Å². The maximum Gasteiger partial charge on any atom is 0.189 e. The molecule has 0 aliphatic carbocycles. The van der Waals surface area contributed by atoms with Crippen molar-refractivity contribution in [2.45, 2.75) is 111 Å². The van der Waals surface area contributed by atoms with E-state index in [2.05, 4.69) is 90.1 Å². The molecule has 0 aliphatic heterocycles. The van der Waals surface area contributed by atoms with Crippen molar-refractivity contribution in [1.29, 1.82) is 0 Å². The maximum atomic E-state index is 11.4. The van der Waals surface area contributed by atoms with Crippen LogP contribution in [0.15, 0.2) is 72.8 Å². The second-order valence-electron chi connectivity index (χ2n) is 18.7. The van der Waals surface area contributed by atoms with E-state index in [0.717, 1.165) is 55.6 Å². The molecule has 364 valence electrons. The quantitative estimate of drug-likeness (QED) is 0.0347. The Morgan fingerprint density at radius 2 is 0.582 bits per heavy atom. The molecule has 1 unspecified atom stereocenters. The van der Waals surface area contributed by atoms with Gasteiger partial charge in [-0.3, -0.25) is 9.78 Å². The van der Waals surface area contributed by atoms with Crippen molar-refractivity contribution < 1.29 is 57.9 Å². The molecule has 0 radical (unpaired) electrons. The van der Waals surface area contributed by atoms with Crippen molar-refractivity contribution in [1.82, 2.24) is 0 Å². The molecule has 5 aromatic carbocycles. The first-order chi connectivity index (χ1) is 32.0. The number of methoxy groups -OCH3 is 8. The van der Waals surface area contributed by atoms with E-state index in [0.29, 0.717) is 47.0 Å². The summed E-state index contributed by atoms with van der Waals surface area (Å²) in [7, 11) is 13.0. The molecule has 12 heteroatoms. The van der Waals surface area contributed by atoms with Gasteiger partial charge in [0.05, 0.1) is 52.9 Å². The van der Waals surface area contributed by atoms with Crippen LogP contribution in [-0.2, 0) is 107 Å². The lowest BCUT2D eigenvalue weighted by molar-refractivity contribution is -0.106. The average molecular weight is 925 g/mol. The third kappa shape index (κ3) is 11.8. The third-order valence-corrected chi connectivity index (χ3v) is 12.6. The summed E-state index contributed by atoms with van der Waals surface area (Å²) in [4.78, 5) is 12.8. The highest BCUT2D eigenvalue weighted by Crippen LogP contribution is 2.46. The average Bonchev–Trinajstić information content (AvgIpc) is 3.29. The molecule has 5 aromatic rings. The van der Waals surface area contributed by atoms with Crippen molar-refractivity contribution in [2.24, 2.45) is 0 Å². The van der Waals surface area contributed by atoms with E-state index in [9.17, 15) is 10.2 Å². The lowest BCUT2D eigenvalue weighted by Crippen LogP contribution is -2.27. The number of ether oxygens (including phenoxy) is 8. The zero-order valence-corrected chi connectivity index (χ0v) is 42.1. The number of hydrogen-bond acceptors (Lipinski definition) is 12. The zero-order chi connectivity index (χ0) is 49.1. The molecule has 0 saturated heterocycles. The molecule has 0 aromatic heterocycles. The Morgan fingerprint density at radius 3 is 0.881 bits per heavy atom. The highest BCUT2D eigenvalue weighted by Gasteiger charge is 2.36. The summed E-state index contributed by atoms with van der Waals surface area (Å²) in [6.07, 6.45) is 0. The predicted molar refractivity (Wildman–Crippen MR) is 259 cm³/mol. The molecule has 0 saturated carbocycles. The maximum absolute atomic E-state index is 11.4. The SMILES string of the molecule is COCc1cc(C(C)(C)c2ccc(C(C)(c3cc(COC)c(O)c(COC)c3)c3cc(COC)c(OOc4c(COC)cc(C(C)(C)C)cc4COC)c(COC)c3)cc2)cc(COC)c1O. The van der Waals surface area contributed by atoms with Crippen LogP contribution in [0.4, 0.5) is 0 Å². The summed E-state index contributed by atoms with van der Waals surface area (Å²) in [6.45, 7) is 14.8. The number of hydrogen-bond donors (Lipinski definition) is 2. The second-order valence-corrected chi connectivity index (χ2v) is 18.7. The predicted octanol–water partition coefficient (Wildman–Crippen LogP) is 10.6. The Morgan fingerprint density at radius 1 is 0.328 bits per heavy atom. The molecule has 0 bridgehead atoms. The molecule has 12 nitrogen and oxygen atoms in total. The first-order valence-corrected chi connectivity index (χ1v) is 22.4. The molecular formula is C55H72O12. The molecule has 1 atom stereocenters. The van der Waals surface area contributed by atoms with Crippen LogP contribution in [0.5, 0.6) is 23.0 Å². The van der Waals surface area contributed by atoms with Crippen LogP contribution in [0.25, 0.3) is 0 Å². The van der Waals surface area contributed by atoms with Gasteiger partial charge in [-0.25, -0.2) is 0 Å². The van der Waals surface area contributed by atoms with Gasteiger partial charge in [0.25, 0.3) is 0 Å². The Bertz CT molecular complexity index is 2310. The van der Waals surface area contributed by atoms with Gasteiger partial charge in [0, 0.05) is 112 Å². The van der Waals surface area contributed by atoms with Crippen LogP contribution in [-0.4, -0.2) is 67.1 Å². The lowest BCUT2D eigenvalue weighted by Gasteiger charge is -2.35. The molecular weight excluding hydrogens is 853 g/mol. The van der Waals surface area contributed by atoms with Crippen LogP contribution in [0.1, 0.15) is 119 Å². The van der Waals surface area contributed by atoms with Gasteiger partial charge in [-0.1, -0.05) is 58.9 Å². The Kier molecular flexibility index (Phi) is 18.4. The summed E-state index contributed by atoms with van der Waals surface area (Å²) in [5.74, 6) is 1.27. The fourth-order valence-corrected chi connectivity index (χ4v) is 8.70. The minimum atomic E-state index is -0.860. The molecule has 0 fully saturated rings. The molecule has 0 amide bonds. The van der Waals surface area contributed by atoms with Crippen molar-refractivity contribution in [2.75, 3.05) is 56.9 Å². The van der Waals surface area contributed by atoms with Crippen molar-refractivity contribution >= 4 is 0 Å². The van der Waals surface area contributed by atoms with Gasteiger partial charge in [-0.15, -0.1) is 0 Å². The van der Waals surface area contributed by atoms with Gasteiger partial charge in [-0.05, 0) is 94.3 Å². The van der Waals surface area contributed by atoms with E-state index in [1.807, 2.05) is 24.3 Å². The monoisotopic (exact) mass is 925 g/mol. The topological polar surface area (TPSA) is 133 Å². The standard InChI is InChI=1S/C55H72O12/c1-53(2,3)45-23-39(31-62-11)51(40(24-45)32-63-12)66-67-52-41(33-64-13)25-48(26-42(52)34-65-14)55(6,47-21-37(29-60-9)50(57)38(22-47)30-61-10)44-17-15-43(16-18-44)54(4,5)46-19-35(27-58-7)49(56)36(20-46)28-59-8/h15-26,56-57H,27-34H2,1-14H3. The highest BCUT2D eigenvalue weighted by molar-refractivity contribution is 5.59. The van der Waals surface area contributed by atoms with Crippen LogP contribution in [0.2, 0.25) is 0 Å². The zero-order valence-electron chi connectivity index (χ0n) is 42.1. The normalized spacial score (nSPS) is 12.9. The summed E-state index contributed by atoms with van der Waals surface area (Å²) in [5, 5.41) is 22.5. The number of phenolic OH excluding ortho intramolecular Hbond substituents is 2. The summed E-state index contributed by atoms with van der Waals surface area (Å²) >= 11 is 0. The van der Waals surface area contributed by atoms with Gasteiger partial charge in [0.15, 0.2) is 11.5 Å². The van der Waals surface area contributed by atoms with Gasteiger partial charge < -0.3 is 48.1 Å². The molecule has 5 rings (SSSR count).